The number of nitrogen functional groups attached to an aromatic ring is 1. The van der Waals surface area contributed by atoms with Crippen molar-refractivity contribution >= 4 is 11.5 Å². The van der Waals surface area contributed by atoms with Gasteiger partial charge in [0.1, 0.15) is 17.5 Å². The number of rotatable bonds is 2. The zero-order valence-corrected chi connectivity index (χ0v) is 15.5. The van der Waals surface area contributed by atoms with Crippen LogP contribution in [0.2, 0.25) is 0 Å². The lowest BCUT2D eigenvalue weighted by molar-refractivity contribution is 0.310. The second kappa shape index (κ2) is 6.62. The van der Waals surface area contributed by atoms with Crippen LogP contribution in [-0.2, 0) is 13.0 Å². The first kappa shape index (κ1) is 16.9. The first-order valence-corrected chi connectivity index (χ1v) is 9.34. The van der Waals surface area contributed by atoms with E-state index in [-0.39, 0.29) is 0 Å². The van der Waals surface area contributed by atoms with Crippen molar-refractivity contribution in [2.75, 3.05) is 37.3 Å². The van der Waals surface area contributed by atoms with Gasteiger partial charge in [-0.15, -0.1) is 0 Å². The highest BCUT2D eigenvalue weighted by Gasteiger charge is 2.24. The van der Waals surface area contributed by atoms with Gasteiger partial charge in [-0.3, -0.25) is 0 Å². The van der Waals surface area contributed by atoms with E-state index in [0.29, 0.717) is 11.4 Å². The lowest BCUT2D eigenvalue weighted by Gasteiger charge is -2.28. The number of nitrogens with zero attached hydrogens (tertiary/aromatic N) is 4. The van der Waals surface area contributed by atoms with E-state index < -0.39 is 0 Å². The molecular formula is C21H25N5. The summed E-state index contributed by atoms with van der Waals surface area (Å²) >= 11 is 0. The van der Waals surface area contributed by atoms with Crippen LogP contribution in [0.25, 0.3) is 11.1 Å². The molecule has 26 heavy (non-hydrogen) atoms. The molecule has 134 valence electrons. The highest BCUT2D eigenvalue weighted by molar-refractivity contribution is 5.81. The zero-order chi connectivity index (χ0) is 18.3. The molecule has 3 heterocycles. The molecule has 1 saturated heterocycles. The van der Waals surface area contributed by atoms with Crippen molar-refractivity contribution in [3.63, 3.8) is 0 Å². The smallest absolute Gasteiger partial charge is 0.142 e. The van der Waals surface area contributed by atoms with Crippen LogP contribution in [0.5, 0.6) is 0 Å². The Labute approximate surface area is 155 Å². The van der Waals surface area contributed by atoms with Crippen LogP contribution in [0.1, 0.15) is 35.2 Å². The third-order valence-electron chi connectivity index (χ3n) is 5.61. The number of anilines is 2. The molecule has 1 fully saturated rings. The predicted octanol–water partition coefficient (Wildman–Crippen LogP) is 3.10. The Morgan fingerprint density at radius 2 is 1.96 bits per heavy atom. The molecule has 1 aromatic carbocycles. The SMILES string of the molecule is Cc1cc(-c2c(C#N)c(N)nc3c2CN(C)CC3)ccc1N1CCCC1. The molecule has 1 aromatic heterocycles. The van der Waals surface area contributed by atoms with Crippen molar-refractivity contribution in [3.8, 4) is 17.2 Å². The van der Waals surface area contributed by atoms with Crippen molar-refractivity contribution in [1.29, 1.82) is 5.26 Å². The average Bonchev–Trinajstić information content (AvgIpc) is 3.15. The van der Waals surface area contributed by atoms with Gasteiger partial charge in [0.05, 0.1) is 0 Å². The largest absolute Gasteiger partial charge is 0.383 e. The van der Waals surface area contributed by atoms with Crippen molar-refractivity contribution < 1.29 is 0 Å². The van der Waals surface area contributed by atoms with Gasteiger partial charge in [-0.25, -0.2) is 4.98 Å². The molecule has 4 rings (SSSR count). The van der Waals surface area contributed by atoms with Gasteiger partial charge < -0.3 is 15.5 Å². The van der Waals surface area contributed by atoms with E-state index in [9.17, 15) is 5.26 Å². The minimum Gasteiger partial charge on any atom is -0.383 e. The Morgan fingerprint density at radius 1 is 1.19 bits per heavy atom. The highest BCUT2D eigenvalue weighted by Crippen LogP contribution is 2.37. The normalized spacial score (nSPS) is 17.2. The van der Waals surface area contributed by atoms with E-state index in [1.807, 2.05) is 0 Å². The maximum absolute atomic E-state index is 9.73. The van der Waals surface area contributed by atoms with E-state index in [1.54, 1.807) is 0 Å². The molecule has 2 aliphatic rings. The quantitative estimate of drug-likeness (QED) is 0.904. The number of hydrogen-bond acceptors (Lipinski definition) is 5. The Hall–Kier alpha value is -2.58. The van der Waals surface area contributed by atoms with E-state index in [0.717, 1.165) is 55.0 Å². The number of fused-ring (bicyclic) bond motifs is 1. The molecule has 0 aliphatic carbocycles. The third-order valence-corrected chi connectivity index (χ3v) is 5.61. The van der Waals surface area contributed by atoms with E-state index in [2.05, 4.69) is 53.0 Å². The van der Waals surface area contributed by atoms with Crippen LogP contribution >= 0.6 is 0 Å². The van der Waals surface area contributed by atoms with Crippen LogP contribution in [0.15, 0.2) is 18.2 Å². The summed E-state index contributed by atoms with van der Waals surface area (Å²) in [7, 11) is 2.11. The summed E-state index contributed by atoms with van der Waals surface area (Å²) in [6, 6.07) is 8.85. The molecule has 2 aromatic rings. The molecule has 0 radical (unpaired) electrons. The van der Waals surface area contributed by atoms with Crippen molar-refractivity contribution in [2.45, 2.75) is 32.7 Å². The summed E-state index contributed by atoms with van der Waals surface area (Å²) < 4.78 is 0. The lowest BCUT2D eigenvalue weighted by Crippen LogP contribution is -2.28. The van der Waals surface area contributed by atoms with Gasteiger partial charge in [0.25, 0.3) is 0 Å². The fraction of sp³-hybridized carbons (Fsp3) is 0.429. The molecule has 2 aliphatic heterocycles. The Bertz CT molecular complexity index is 890. The zero-order valence-electron chi connectivity index (χ0n) is 15.5. The van der Waals surface area contributed by atoms with Gasteiger partial charge in [0.15, 0.2) is 0 Å². The predicted molar refractivity (Wildman–Crippen MR) is 105 cm³/mol. The minimum absolute atomic E-state index is 0.354. The van der Waals surface area contributed by atoms with E-state index >= 15 is 0 Å². The Balaban J connectivity index is 1.86. The second-order valence-electron chi connectivity index (χ2n) is 7.47. The summed E-state index contributed by atoms with van der Waals surface area (Å²) in [4.78, 5) is 9.26. The van der Waals surface area contributed by atoms with Crippen molar-refractivity contribution in [2.24, 2.45) is 0 Å². The highest BCUT2D eigenvalue weighted by atomic mass is 15.1. The van der Waals surface area contributed by atoms with Crippen LogP contribution < -0.4 is 10.6 Å². The molecule has 5 nitrogen and oxygen atoms in total. The first-order chi connectivity index (χ1) is 12.6. The number of aromatic nitrogens is 1. The molecule has 0 atom stereocenters. The number of pyridine rings is 1. The Kier molecular flexibility index (Phi) is 4.29. The van der Waals surface area contributed by atoms with Gasteiger partial charge in [-0.05, 0) is 55.6 Å². The number of benzene rings is 1. The van der Waals surface area contributed by atoms with Gasteiger partial charge in [-0.1, -0.05) is 6.07 Å². The molecule has 5 heteroatoms. The van der Waals surface area contributed by atoms with Crippen molar-refractivity contribution in [1.82, 2.24) is 9.88 Å². The topological polar surface area (TPSA) is 69.2 Å². The summed E-state index contributed by atoms with van der Waals surface area (Å²) in [6.45, 7) is 6.20. The maximum Gasteiger partial charge on any atom is 0.142 e. The van der Waals surface area contributed by atoms with Crippen LogP contribution in [0, 0.1) is 18.3 Å². The van der Waals surface area contributed by atoms with Crippen LogP contribution in [-0.4, -0.2) is 36.6 Å². The lowest BCUT2D eigenvalue weighted by atomic mass is 9.90. The van der Waals surface area contributed by atoms with E-state index in [1.165, 1.54) is 24.1 Å². The standard InChI is InChI=1S/C21H25N5/c1-14-11-15(5-6-19(14)26-8-3-4-9-26)20-16(12-22)21(23)24-18-7-10-25(2)13-17(18)20/h5-6,11H,3-4,7-10,13H2,1-2H3,(H2,23,24). The van der Waals surface area contributed by atoms with E-state index in [4.69, 9.17) is 5.73 Å². The molecule has 0 spiro atoms. The van der Waals surface area contributed by atoms with Gasteiger partial charge in [-0.2, -0.15) is 5.26 Å². The van der Waals surface area contributed by atoms with Gasteiger partial charge in [0.2, 0.25) is 0 Å². The molecular weight excluding hydrogens is 322 g/mol. The second-order valence-corrected chi connectivity index (χ2v) is 7.47. The minimum atomic E-state index is 0.354. The number of nitriles is 1. The van der Waals surface area contributed by atoms with Gasteiger partial charge in [0, 0.05) is 49.5 Å². The summed E-state index contributed by atoms with van der Waals surface area (Å²) in [5.74, 6) is 0.354. The molecule has 0 unspecified atom stereocenters. The fourth-order valence-corrected chi connectivity index (χ4v) is 4.27. The molecule has 0 bridgehead atoms. The monoisotopic (exact) mass is 347 g/mol. The fourth-order valence-electron chi connectivity index (χ4n) is 4.27. The average molecular weight is 347 g/mol. The molecule has 0 saturated carbocycles. The maximum atomic E-state index is 9.73. The number of nitrogens with two attached hydrogens (primary N) is 1. The van der Waals surface area contributed by atoms with Crippen LogP contribution in [0.4, 0.5) is 11.5 Å². The third kappa shape index (κ3) is 2.81. The summed E-state index contributed by atoms with van der Waals surface area (Å²) in [6.07, 6.45) is 3.40. The van der Waals surface area contributed by atoms with Crippen LogP contribution in [0.3, 0.4) is 0 Å². The summed E-state index contributed by atoms with van der Waals surface area (Å²) in [5.41, 5.74) is 13.4. The Morgan fingerprint density at radius 3 is 2.65 bits per heavy atom. The van der Waals surface area contributed by atoms with Crippen molar-refractivity contribution in [3.05, 3.63) is 40.6 Å². The number of likely N-dealkylation sites (N-methyl/N-ethyl adjacent to an activating group) is 1. The number of aryl methyl sites for hydroxylation is 1. The molecule has 0 amide bonds. The van der Waals surface area contributed by atoms with Gasteiger partial charge >= 0.3 is 0 Å². The molecule has 2 N–H and O–H groups in total. The summed E-state index contributed by atoms with van der Waals surface area (Å²) in [5, 5.41) is 9.73. The first-order valence-electron chi connectivity index (χ1n) is 9.34. The number of hydrogen-bond donors (Lipinski definition) is 1.